The highest BCUT2D eigenvalue weighted by molar-refractivity contribution is 5.97. The number of carbonyl (C=O) groups is 1. The summed E-state index contributed by atoms with van der Waals surface area (Å²) in [5.74, 6) is -0.110. The number of nitrogens with zero attached hydrogens (tertiary/aromatic N) is 2. The Morgan fingerprint density at radius 3 is 2.88 bits per heavy atom. The van der Waals surface area contributed by atoms with Gasteiger partial charge < -0.3 is 19.4 Å². The molecule has 0 aliphatic carbocycles. The summed E-state index contributed by atoms with van der Waals surface area (Å²) >= 11 is 0. The Balaban J connectivity index is 1.51. The third-order valence-corrected chi connectivity index (χ3v) is 4.57. The molecule has 2 N–H and O–H groups in total. The van der Waals surface area contributed by atoms with Gasteiger partial charge in [-0.25, -0.2) is 0 Å². The molecular weight excluding hydrogens is 320 g/mol. The van der Waals surface area contributed by atoms with Gasteiger partial charge in [-0.2, -0.15) is 0 Å². The largest absolute Gasteiger partial charge is 0.379 e. The Kier molecular flexibility index (Phi) is 4.25. The fraction of sp³-hybridized carbons (Fsp3) is 0.333. The van der Waals surface area contributed by atoms with Crippen LogP contribution in [-0.2, 0) is 4.74 Å². The quantitative estimate of drug-likeness (QED) is 0.738. The maximum atomic E-state index is 12.4. The summed E-state index contributed by atoms with van der Waals surface area (Å²) in [5, 5.41) is 2.96. The van der Waals surface area contributed by atoms with E-state index in [0.717, 1.165) is 38.4 Å². The molecule has 0 radical (unpaired) electrons. The highest BCUT2D eigenvalue weighted by Crippen LogP contribution is 2.15. The fourth-order valence-electron chi connectivity index (χ4n) is 3.19. The highest BCUT2D eigenvalue weighted by Gasteiger charge is 2.12. The average Bonchev–Trinajstić information content (AvgIpc) is 3.13. The first-order chi connectivity index (χ1) is 12.2. The molecular formula is C18H20N4O3. The molecule has 3 heterocycles. The number of hydrogen-bond donors (Lipinski definition) is 2. The lowest BCUT2D eigenvalue weighted by molar-refractivity contribution is 0.0383. The van der Waals surface area contributed by atoms with E-state index in [4.69, 9.17) is 4.74 Å². The van der Waals surface area contributed by atoms with E-state index in [1.54, 1.807) is 22.6 Å². The number of benzene rings is 1. The number of aromatic nitrogens is 2. The average molecular weight is 340 g/mol. The van der Waals surface area contributed by atoms with Crippen molar-refractivity contribution in [2.45, 2.75) is 0 Å². The predicted molar refractivity (Wildman–Crippen MR) is 95.1 cm³/mol. The first-order valence-corrected chi connectivity index (χ1v) is 8.44. The van der Waals surface area contributed by atoms with Crippen LogP contribution in [0.15, 0.2) is 41.3 Å². The summed E-state index contributed by atoms with van der Waals surface area (Å²) in [6, 6.07) is 8.89. The molecule has 2 aromatic heterocycles. The van der Waals surface area contributed by atoms with E-state index in [2.05, 4.69) is 15.2 Å². The standard InChI is InChI=1S/C18H20N4O3/c23-17(19-5-7-21-8-10-25-11-9-21)13-3-4-14-16(12-13)22-6-1-2-15(22)18(24)20-14/h1-4,6,12H,5,7-11H2,(H,19,23)(H,20,24). The van der Waals surface area contributed by atoms with Gasteiger partial charge in [0.1, 0.15) is 5.52 Å². The predicted octanol–water partition coefficient (Wildman–Crippen LogP) is 0.843. The van der Waals surface area contributed by atoms with Crippen LogP contribution in [0.3, 0.4) is 0 Å². The Hall–Kier alpha value is -2.64. The lowest BCUT2D eigenvalue weighted by atomic mass is 10.1. The van der Waals surface area contributed by atoms with E-state index < -0.39 is 0 Å². The molecule has 3 aromatic rings. The van der Waals surface area contributed by atoms with Gasteiger partial charge in [0.15, 0.2) is 0 Å². The van der Waals surface area contributed by atoms with Crippen LogP contribution in [0.5, 0.6) is 0 Å². The Labute approximate surface area is 144 Å². The van der Waals surface area contributed by atoms with Crippen LogP contribution < -0.4 is 10.9 Å². The number of H-pyrrole nitrogens is 1. The molecule has 25 heavy (non-hydrogen) atoms. The van der Waals surface area contributed by atoms with E-state index in [1.165, 1.54) is 0 Å². The molecule has 0 unspecified atom stereocenters. The third kappa shape index (κ3) is 3.16. The van der Waals surface area contributed by atoms with Crippen molar-refractivity contribution in [2.24, 2.45) is 0 Å². The fourth-order valence-corrected chi connectivity index (χ4v) is 3.19. The van der Waals surface area contributed by atoms with Crippen molar-refractivity contribution in [3.05, 3.63) is 52.4 Å². The molecule has 0 saturated carbocycles. The van der Waals surface area contributed by atoms with Gasteiger partial charge in [0, 0.05) is 37.9 Å². The van der Waals surface area contributed by atoms with Crippen molar-refractivity contribution in [3.63, 3.8) is 0 Å². The number of ether oxygens (including phenoxy) is 1. The number of amides is 1. The zero-order valence-corrected chi connectivity index (χ0v) is 13.8. The smallest absolute Gasteiger partial charge is 0.272 e. The lowest BCUT2D eigenvalue weighted by Crippen LogP contribution is -2.41. The van der Waals surface area contributed by atoms with Crippen molar-refractivity contribution < 1.29 is 9.53 Å². The minimum absolute atomic E-state index is 0.110. The van der Waals surface area contributed by atoms with Gasteiger partial charge in [-0.3, -0.25) is 14.5 Å². The number of rotatable bonds is 4. The van der Waals surface area contributed by atoms with Gasteiger partial charge in [-0.1, -0.05) is 0 Å². The minimum Gasteiger partial charge on any atom is -0.379 e. The van der Waals surface area contributed by atoms with E-state index in [1.807, 2.05) is 18.3 Å². The van der Waals surface area contributed by atoms with E-state index in [0.29, 0.717) is 23.1 Å². The molecule has 0 spiro atoms. The van der Waals surface area contributed by atoms with E-state index >= 15 is 0 Å². The van der Waals surface area contributed by atoms with Crippen molar-refractivity contribution in [1.29, 1.82) is 0 Å². The number of carbonyl (C=O) groups excluding carboxylic acids is 1. The van der Waals surface area contributed by atoms with Crippen LogP contribution in [0, 0.1) is 0 Å². The van der Waals surface area contributed by atoms with E-state index in [-0.39, 0.29) is 11.5 Å². The molecule has 1 saturated heterocycles. The zero-order valence-electron chi connectivity index (χ0n) is 13.8. The summed E-state index contributed by atoms with van der Waals surface area (Å²) < 4.78 is 7.12. The third-order valence-electron chi connectivity index (χ3n) is 4.57. The molecule has 4 rings (SSSR count). The minimum atomic E-state index is -0.139. The monoisotopic (exact) mass is 340 g/mol. The molecule has 1 fully saturated rings. The Bertz CT molecular complexity index is 969. The van der Waals surface area contributed by atoms with E-state index in [9.17, 15) is 9.59 Å². The molecule has 0 bridgehead atoms. The molecule has 130 valence electrons. The summed E-state index contributed by atoms with van der Waals surface area (Å²) in [5.41, 5.74) is 2.52. The van der Waals surface area contributed by atoms with Crippen LogP contribution in [0.2, 0.25) is 0 Å². The molecule has 0 atom stereocenters. The van der Waals surface area contributed by atoms with Gasteiger partial charge in [-0.05, 0) is 30.3 Å². The van der Waals surface area contributed by atoms with Crippen molar-refractivity contribution >= 4 is 22.5 Å². The Morgan fingerprint density at radius 1 is 1.20 bits per heavy atom. The number of nitrogens with one attached hydrogen (secondary N) is 2. The highest BCUT2D eigenvalue weighted by atomic mass is 16.5. The lowest BCUT2D eigenvalue weighted by Gasteiger charge is -2.26. The Morgan fingerprint density at radius 2 is 2.04 bits per heavy atom. The summed E-state index contributed by atoms with van der Waals surface area (Å²) in [4.78, 5) is 29.6. The summed E-state index contributed by atoms with van der Waals surface area (Å²) in [6.07, 6.45) is 1.83. The van der Waals surface area contributed by atoms with Crippen LogP contribution in [0.1, 0.15) is 10.4 Å². The number of fused-ring (bicyclic) bond motifs is 3. The molecule has 1 amide bonds. The molecule has 1 aliphatic rings. The van der Waals surface area contributed by atoms with Gasteiger partial charge in [-0.15, -0.1) is 0 Å². The summed E-state index contributed by atoms with van der Waals surface area (Å²) in [6.45, 7) is 4.74. The second kappa shape index (κ2) is 6.70. The van der Waals surface area contributed by atoms with Gasteiger partial charge in [0.05, 0.1) is 24.2 Å². The van der Waals surface area contributed by atoms with Crippen molar-refractivity contribution in [3.8, 4) is 0 Å². The molecule has 1 aromatic carbocycles. The first kappa shape index (κ1) is 15.9. The molecule has 1 aliphatic heterocycles. The second-order valence-corrected chi connectivity index (χ2v) is 6.16. The van der Waals surface area contributed by atoms with Gasteiger partial charge in [0.25, 0.3) is 11.5 Å². The topological polar surface area (TPSA) is 78.8 Å². The second-order valence-electron chi connectivity index (χ2n) is 6.16. The molecule has 7 heteroatoms. The van der Waals surface area contributed by atoms with Gasteiger partial charge in [0.2, 0.25) is 0 Å². The number of aromatic amines is 1. The van der Waals surface area contributed by atoms with Crippen LogP contribution in [0.25, 0.3) is 16.6 Å². The van der Waals surface area contributed by atoms with Crippen LogP contribution in [0.4, 0.5) is 0 Å². The number of hydrogen-bond acceptors (Lipinski definition) is 4. The van der Waals surface area contributed by atoms with Crippen molar-refractivity contribution in [2.75, 3.05) is 39.4 Å². The maximum absolute atomic E-state index is 12.4. The van der Waals surface area contributed by atoms with Gasteiger partial charge >= 0.3 is 0 Å². The van der Waals surface area contributed by atoms with Crippen molar-refractivity contribution in [1.82, 2.24) is 19.6 Å². The zero-order chi connectivity index (χ0) is 17.2. The maximum Gasteiger partial charge on any atom is 0.272 e. The van der Waals surface area contributed by atoms with Crippen LogP contribution >= 0.6 is 0 Å². The molecule has 7 nitrogen and oxygen atoms in total. The SMILES string of the molecule is O=C(NCCN1CCOCC1)c1ccc2[nH]c(=O)c3cccn3c2c1. The van der Waals surface area contributed by atoms with Crippen LogP contribution in [-0.4, -0.2) is 59.6 Å². The first-order valence-electron chi connectivity index (χ1n) is 8.44. The number of morpholine rings is 1. The normalized spacial score (nSPS) is 15.7. The summed E-state index contributed by atoms with van der Waals surface area (Å²) in [7, 11) is 0.